The van der Waals surface area contributed by atoms with Crippen LogP contribution >= 0.6 is 11.8 Å². The molecule has 3 saturated heterocycles. The van der Waals surface area contributed by atoms with Crippen molar-refractivity contribution < 1.29 is 18.7 Å². The third-order valence-corrected chi connectivity index (χ3v) is 7.21. The second kappa shape index (κ2) is 7.87. The molecule has 3 aliphatic rings. The molecule has 0 unspecified atom stereocenters. The minimum Gasteiger partial charge on any atom is -0.381 e. The number of nitrogens with zero attached hydrogens (tertiary/aromatic N) is 1. The topological polar surface area (TPSA) is 38.8 Å². The fourth-order valence-electron chi connectivity index (χ4n) is 4.07. The highest BCUT2D eigenvalue weighted by Gasteiger charge is 2.50. The van der Waals surface area contributed by atoms with Crippen LogP contribution in [0.4, 0.5) is 4.39 Å². The van der Waals surface area contributed by atoms with Gasteiger partial charge in [-0.15, -0.1) is 11.8 Å². The minimum atomic E-state index is -0.286. The molecule has 1 atom stereocenters. The Hall–Kier alpha value is -1.11. The van der Waals surface area contributed by atoms with E-state index in [9.17, 15) is 9.18 Å². The summed E-state index contributed by atoms with van der Waals surface area (Å²) in [5.41, 5.74) is 0.743. The number of rotatable bonds is 5. The van der Waals surface area contributed by atoms with Crippen LogP contribution in [0.15, 0.2) is 24.3 Å². The van der Waals surface area contributed by atoms with E-state index < -0.39 is 0 Å². The summed E-state index contributed by atoms with van der Waals surface area (Å²) in [6, 6.07) is 6.31. The van der Waals surface area contributed by atoms with Gasteiger partial charge in [-0.05, 0) is 42.9 Å². The Morgan fingerprint density at radius 3 is 2.92 bits per heavy atom. The minimum absolute atomic E-state index is 0.0911. The first-order valence-electron chi connectivity index (χ1n) is 9.47. The standard InChI is InChI=1S/C20H26FNO3S/c21-17-3-1-2-16(8-17)9-19(23)22-13-20(14-22)10-18(12-26-20)25-11-15-4-6-24-7-5-15/h1-3,8,15,18H,4-7,9-14H2/t18-/m1/s1. The molecule has 1 amide bonds. The van der Waals surface area contributed by atoms with Crippen molar-refractivity contribution in [1.29, 1.82) is 0 Å². The largest absolute Gasteiger partial charge is 0.381 e. The van der Waals surface area contributed by atoms with Crippen molar-refractivity contribution in [2.24, 2.45) is 5.92 Å². The molecular weight excluding hydrogens is 353 g/mol. The van der Waals surface area contributed by atoms with Gasteiger partial charge in [-0.2, -0.15) is 0 Å². The Labute approximate surface area is 158 Å². The van der Waals surface area contributed by atoms with Gasteiger partial charge >= 0.3 is 0 Å². The molecule has 0 N–H and O–H groups in total. The SMILES string of the molecule is O=C(Cc1cccc(F)c1)N1CC2(C[C@@H](OCC3CCOCC3)CS2)C1. The number of likely N-dealkylation sites (tertiary alicyclic amines) is 1. The van der Waals surface area contributed by atoms with Gasteiger partial charge in [0.25, 0.3) is 0 Å². The first-order valence-corrected chi connectivity index (χ1v) is 10.5. The molecule has 26 heavy (non-hydrogen) atoms. The average molecular weight is 379 g/mol. The van der Waals surface area contributed by atoms with Crippen LogP contribution < -0.4 is 0 Å². The lowest BCUT2D eigenvalue weighted by Crippen LogP contribution is -2.61. The quantitative estimate of drug-likeness (QED) is 0.789. The van der Waals surface area contributed by atoms with Crippen LogP contribution in [0.25, 0.3) is 0 Å². The summed E-state index contributed by atoms with van der Waals surface area (Å²) < 4.78 is 25.0. The molecule has 1 aromatic carbocycles. The zero-order chi connectivity index (χ0) is 18.0. The van der Waals surface area contributed by atoms with Crippen LogP contribution in [0, 0.1) is 11.7 Å². The fraction of sp³-hybridized carbons (Fsp3) is 0.650. The molecule has 0 radical (unpaired) electrons. The van der Waals surface area contributed by atoms with Crippen LogP contribution in [0.5, 0.6) is 0 Å². The molecule has 0 bridgehead atoms. The second-order valence-corrected chi connectivity index (χ2v) is 9.25. The van der Waals surface area contributed by atoms with Crippen LogP contribution in [0.3, 0.4) is 0 Å². The Kier molecular flexibility index (Phi) is 5.53. The number of halogens is 1. The molecule has 1 spiro atoms. The first-order chi connectivity index (χ1) is 12.6. The molecule has 3 heterocycles. The number of hydrogen-bond donors (Lipinski definition) is 0. The van der Waals surface area contributed by atoms with E-state index in [2.05, 4.69) is 0 Å². The fourth-order valence-corrected chi connectivity index (χ4v) is 5.63. The monoisotopic (exact) mass is 379 g/mol. The highest BCUT2D eigenvalue weighted by atomic mass is 32.2. The van der Waals surface area contributed by atoms with Crippen molar-refractivity contribution >= 4 is 17.7 Å². The van der Waals surface area contributed by atoms with Crippen molar-refractivity contribution in [3.8, 4) is 0 Å². The van der Waals surface area contributed by atoms with Gasteiger partial charge in [-0.1, -0.05) is 12.1 Å². The summed E-state index contributed by atoms with van der Waals surface area (Å²) in [4.78, 5) is 14.3. The van der Waals surface area contributed by atoms with E-state index in [-0.39, 0.29) is 22.9 Å². The smallest absolute Gasteiger partial charge is 0.227 e. The Bertz CT molecular complexity index is 644. The predicted molar refractivity (Wildman–Crippen MR) is 99.8 cm³/mol. The van der Waals surface area contributed by atoms with Gasteiger partial charge in [-0.25, -0.2) is 4.39 Å². The molecule has 6 heteroatoms. The van der Waals surface area contributed by atoms with Crippen LogP contribution in [-0.2, 0) is 20.7 Å². The van der Waals surface area contributed by atoms with Gasteiger partial charge in [0, 0.05) is 38.7 Å². The molecule has 0 saturated carbocycles. The summed E-state index contributed by atoms with van der Waals surface area (Å²) in [5.74, 6) is 1.46. The highest BCUT2D eigenvalue weighted by Crippen LogP contribution is 2.46. The third-order valence-electron chi connectivity index (χ3n) is 5.64. The molecule has 0 aromatic heterocycles. The zero-order valence-electron chi connectivity index (χ0n) is 15.0. The Morgan fingerprint density at radius 1 is 1.35 bits per heavy atom. The van der Waals surface area contributed by atoms with Gasteiger partial charge in [0.05, 0.1) is 17.3 Å². The van der Waals surface area contributed by atoms with Crippen LogP contribution in [-0.4, -0.2) is 60.3 Å². The molecule has 4 nitrogen and oxygen atoms in total. The Morgan fingerprint density at radius 2 is 2.15 bits per heavy atom. The lowest BCUT2D eigenvalue weighted by atomic mass is 9.92. The maximum atomic E-state index is 13.3. The molecule has 0 aliphatic carbocycles. The molecule has 1 aromatic rings. The van der Waals surface area contributed by atoms with Gasteiger partial charge < -0.3 is 14.4 Å². The number of carbonyl (C=O) groups excluding carboxylic acids is 1. The van der Waals surface area contributed by atoms with E-state index in [0.29, 0.717) is 12.0 Å². The lowest BCUT2D eigenvalue weighted by molar-refractivity contribution is -0.136. The third kappa shape index (κ3) is 4.24. The summed E-state index contributed by atoms with van der Waals surface area (Å²) in [6.45, 7) is 4.15. The summed E-state index contributed by atoms with van der Waals surface area (Å²) in [6.07, 6.45) is 3.83. The molecular formula is C20H26FNO3S. The van der Waals surface area contributed by atoms with E-state index in [1.54, 1.807) is 12.1 Å². The summed E-state index contributed by atoms with van der Waals surface area (Å²) >= 11 is 1.95. The van der Waals surface area contributed by atoms with Crippen molar-refractivity contribution in [1.82, 2.24) is 4.90 Å². The van der Waals surface area contributed by atoms with Crippen LogP contribution in [0.2, 0.25) is 0 Å². The number of carbonyl (C=O) groups is 1. The van der Waals surface area contributed by atoms with Crippen molar-refractivity contribution in [3.05, 3.63) is 35.6 Å². The number of ether oxygens (including phenoxy) is 2. The van der Waals surface area contributed by atoms with Gasteiger partial charge in [-0.3, -0.25) is 4.79 Å². The normalized spacial score (nSPS) is 25.4. The number of hydrogen-bond acceptors (Lipinski definition) is 4. The van der Waals surface area contributed by atoms with E-state index >= 15 is 0 Å². The zero-order valence-corrected chi connectivity index (χ0v) is 15.8. The maximum absolute atomic E-state index is 13.3. The molecule has 142 valence electrons. The van der Waals surface area contributed by atoms with Gasteiger partial charge in [0.1, 0.15) is 5.82 Å². The first kappa shape index (κ1) is 18.3. The number of benzene rings is 1. The van der Waals surface area contributed by atoms with E-state index in [1.807, 2.05) is 16.7 Å². The Balaban J connectivity index is 1.20. The maximum Gasteiger partial charge on any atom is 0.227 e. The predicted octanol–water partition coefficient (Wildman–Crippen LogP) is 2.90. The second-order valence-electron chi connectivity index (χ2n) is 7.77. The average Bonchev–Trinajstić information content (AvgIpc) is 3.04. The number of amides is 1. The summed E-state index contributed by atoms with van der Waals surface area (Å²) in [7, 11) is 0. The lowest BCUT2D eigenvalue weighted by Gasteiger charge is -2.47. The van der Waals surface area contributed by atoms with E-state index in [4.69, 9.17) is 9.47 Å². The van der Waals surface area contributed by atoms with Crippen molar-refractivity contribution in [3.63, 3.8) is 0 Å². The van der Waals surface area contributed by atoms with Crippen molar-refractivity contribution in [2.75, 3.05) is 38.7 Å². The van der Waals surface area contributed by atoms with Gasteiger partial charge in [0.15, 0.2) is 0 Å². The molecule has 3 aliphatic heterocycles. The molecule has 3 fully saturated rings. The van der Waals surface area contributed by atoms with Crippen molar-refractivity contribution in [2.45, 2.75) is 36.5 Å². The number of thioether (sulfide) groups is 1. The van der Waals surface area contributed by atoms with Gasteiger partial charge in [0.2, 0.25) is 5.91 Å². The van der Waals surface area contributed by atoms with Crippen LogP contribution in [0.1, 0.15) is 24.8 Å². The van der Waals surface area contributed by atoms with E-state index in [1.165, 1.54) is 12.1 Å². The highest BCUT2D eigenvalue weighted by molar-refractivity contribution is 8.01. The molecule has 4 rings (SSSR count). The summed E-state index contributed by atoms with van der Waals surface area (Å²) in [5, 5.41) is 0. The van der Waals surface area contributed by atoms with E-state index in [0.717, 1.165) is 63.5 Å².